The fraction of sp³-hybridized carbons (Fsp3) is 0.0625. The number of hydrogen-bond donors (Lipinski definition) is 2. The Bertz CT molecular complexity index is 1010. The van der Waals surface area contributed by atoms with E-state index in [-0.39, 0.29) is 5.88 Å². The number of aromatic nitrogens is 1. The minimum absolute atomic E-state index is 0.108. The van der Waals surface area contributed by atoms with Gasteiger partial charge in [0, 0.05) is 10.8 Å². The lowest BCUT2D eigenvalue weighted by Crippen LogP contribution is -2.20. The second kappa shape index (κ2) is 4.28. The smallest absolute Gasteiger partial charge is 0.252 e. The number of fused-ring (bicyclic) bond motifs is 2. The van der Waals surface area contributed by atoms with Gasteiger partial charge in [0.05, 0.1) is 10.7 Å². The highest BCUT2D eigenvalue weighted by atomic mass is 16.3. The van der Waals surface area contributed by atoms with Crippen LogP contribution in [0.5, 0.6) is 5.88 Å². The maximum Gasteiger partial charge on any atom is 0.252 e. The average Bonchev–Trinajstić information content (AvgIpc) is 3.01. The summed E-state index contributed by atoms with van der Waals surface area (Å²) >= 11 is 0. The number of benzene rings is 2. The summed E-state index contributed by atoms with van der Waals surface area (Å²) < 4.78 is 0. The molecule has 0 saturated heterocycles. The van der Waals surface area contributed by atoms with Gasteiger partial charge in [-0.1, -0.05) is 24.3 Å². The Morgan fingerprint density at radius 2 is 1.76 bits per heavy atom. The van der Waals surface area contributed by atoms with Gasteiger partial charge in [0.2, 0.25) is 0 Å². The first-order valence-electron chi connectivity index (χ1n) is 6.63. The van der Waals surface area contributed by atoms with E-state index in [0.29, 0.717) is 11.8 Å². The number of rotatable bonds is 1. The first-order chi connectivity index (χ1) is 10.2. The third-order valence-electron chi connectivity index (χ3n) is 3.46. The number of nitrogens with one attached hydrogen (secondary N) is 1. The fourth-order valence-electron chi connectivity index (χ4n) is 2.44. The molecule has 2 N–H and O–H groups in total. The van der Waals surface area contributed by atoms with Gasteiger partial charge in [0.1, 0.15) is 5.82 Å². The molecule has 3 aromatic rings. The van der Waals surface area contributed by atoms with Crippen molar-refractivity contribution in [2.24, 2.45) is 15.0 Å². The van der Waals surface area contributed by atoms with Crippen molar-refractivity contribution in [3.05, 3.63) is 58.7 Å². The zero-order valence-electron chi connectivity index (χ0n) is 11.3. The van der Waals surface area contributed by atoms with E-state index < -0.39 is 0 Å². The third kappa shape index (κ3) is 1.90. The van der Waals surface area contributed by atoms with Crippen molar-refractivity contribution in [3.8, 4) is 5.88 Å². The zero-order chi connectivity index (χ0) is 14.4. The van der Waals surface area contributed by atoms with Crippen molar-refractivity contribution >= 4 is 22.5 Å². The van der Waals surface area contributed by atoms with E-state index >= 15 is 0 Å². The number of aliphatic imine (C=N–C) groups is 1. The lowest BCUT2D eigenvalue weighted by molar-refractivity contribution is 0.463. The van der Waals surface area contributed by atoms with Gasteiger partial charge in [-0.25, -0.2) is 9.98 Å². The van der Waals surface area contributed by atoms with Crippen LogP contribution in [0, 0.1) is 6.92 Å². The highest BCUT2D eigenvalue weighted by Crippen LogP contribution is 2.32. The maximum absolute atomic E-state index is 9.89. The second-order valence-electron chi connectivity index (χ2n) is 5.00. The van der Waals surface area contributed by atoms with E-state index in [1.165, 1.54) is 0 Å². The van der Waals surface area contributed by atoms with Crippen LogP contribution < -0.4 is 10.7 Å². The van der Waals surface area contributed by atoms with Gasteiger partial charge in [-0.2, -0.15) is 4.99 Å². The molecule has 21 heavy (non-hydrogen) atoms. The lowest BCUT2D eigenvalue weighted by atomic mass is 10.2. The number of aryl methyl sites for hydroxylation is 1. The predicted octanol–water partition coefficient (Wildman–Crippen LogP) is 2.12. The van der Waals surface area contributed by atoms with Crippen molar-refractivity contribution < 1.29 is 5.11 Å². The highest BCUT2D eigenvalue weighted by Gasteiger charge is 2.10. The summed E-state index contributed by atoms with van der Waals surface area (Å²) in [4.78, 5) is 16.1. The number of guanidine groups is 1. The van der Waals surface area contributed by atoms with Crippen molar-refractivity contribution in [3.63, 3.8) is 0 Å². The van der Waals surface area contributed by atoms with Gasteiger partial charge in [0.15, 0.2) is 5.88 Å². The molecule has 0 aliphatic carbocycles. The molecule has 0 radical (unpaired) electrons. The van der Waals surface area contributed by atoms with E-state index in [1.54, 1.807) is 0 Å². The summed E-state index contributed by atoms with van der Waals surface area (Å²) in [6.45, 7) is 2.02. The molecule has 1 aliphatic rings. The van der Waals surface area contributed by atoms with E-state index in [1.807, 2.05) is 49.4 Å². The molecular formula is C16H12N4O. The van der Waals surface area contributed by atoms with Gasteiger partial charge < -0.3 is 10.1 Å². The Kier molecular flexibility index (Phi) is 2.41. The Hall–Kier alpha value is -2.95. The van der Waals surface area contributed by atoms with Crippen LogP contribution in [0.15, 0.2) is 57.4 Å². The van der Waals surface area contributed by atoms with Crippen LogP contribution in [0.1, 0.15) is 5.56 Å². The van der Waals surface area contributed by atoms with Crippen LogP contribution in [-0.2, 0) is 0 Å². The van der Waals surface area contributed by atoms with Gasteiger partial charge in [-0.3, -0.25) is 0 Å². The zero-order valence-corrected chi connectivity index (χ0v) is 11.3. The first kappa shape index (κ1) is 11.8. The normalized spacial score (nSPS) is 15.0. The number of nitrogens with zero attached hydrogens (tertiary/aromatic N) is 3. The molecule has 0 amide bonds. The van der Waals surface area contributed by atoms with Gasteiger partial charge in [-0.05, 0) is 30.7 Å². The van der Waals surface area contributed by atoms with Crippen molar-refractivity contribution in [2.45, 2.75) is 6.92 Å². The summed E-state index contributed by atoms with van der Waals surface area (Å²) in [5, 5.41) is 13.1. The molecule has 5 nitrogen and oxygen atoms in total. The largest absolute Gasteiger partial charge is 0.494 e. The van der Waals surface area contributed by atoms with Crippen LogP contribution in [0.3, 0.4) is 0 Å². The van der Waals surface area contributed by atoms with Crippen LogP contribution >= 0.6 is 0 Å². The quantitative estimate of drug-likeness (QED) is 0.702. The van der Waals surface area contributed by atoms with Crippen LogP contribution in [0.2, 0.25) is 0 Å². The van der Waals surface area contributed by atoms with E-state index in [0.717, 1.165) is 27.1 Å². The van der Waals surface area contributed by atoms with Crippen molar-refractivity contribution in [1.82, 2.24) is 4.98 Å². The van der Waals surface area contributed by atoms with E-state index in [2.05, 4.69) is 20.0 Å². The summed E-state index contributed by atoms with van der Waals surface area (Å²) in [5.41, 5.74) is 1.14. The molecular weight excluding hydrogens is 264 g/mol. The summed E-state index contributed by atoms with van der Waals surface area (Å²) in [5.74, 6) is 1.06. The molecule has 2 aromatic carbocycles. The summed E-state index contributed by atoms with van der Waals surface area (Å²) in [6, 6.07) is 13.4. The van der Waals surface area contributed by atoms with Crippen LogP contribution in [0.4, 0.5) is 5.82 Å². The number of H-pyrrole nitrogens is 1. The topological polar surface area (TPSA) is 73.1 Å². The first-order valence-corrected chi connectivity index (χ1v) is 6.63. The molecule has 102 valence electrons. The van der Waals surface area contributed by atoms with Crippen molar-refractivity contribution in [2.75, 3.05) is 0 Å². The molecule has 4 rings (SSSR count). The Balaban J connectivity index is 1.89. The van der Waals surface area contributed by atoms with Crippen molar-refractivity contribution in [1.29, 1.82) is 0 Å². The van der Waals surface area contributed by atoms with E-state index in [9.17, 15) is 5.11 Å². The van der Waals surface area contributed by atoms with Gasteiger partial charge in [-0.15, -0.1) is 0 Å². The molecule has 2 heterocycles. The van der Waals surface area contributed by atoms with Crippen LogP contribution in [0.25, 0.3) is 10.8 Å². The SMILES string of the molecule is Cc1ccc2c(c1)=NC(=Nc1[nH]c(O)c3ccccc13)N=2. The molecule has 0 fully saturated rings. The molecule has 0 spiro atoms. The molecule has 0 unspecified atom stereocenters. The van der Waals surface area contributed by atoms with Gasteiger partial charge >= 0.3 is 0 Å². The molecule has 1 aromatic heterocycles. The van der Waals surface area contributed by atoms with Crippen LogP contribution in [-0.4, -0.2) is 16.1 Å². The monoisotopic (exact) mass is 276 g/mol. The molecule has 0 bridgehead atoms. The Labute approximate surface area is 120 Å². The Morgan fingerprint density at radius 3 is 2.62 bits per heavy atom. The van der Waals surface area contributed by atoms with E-state index in [4.69, 9.17) is 0 Å². The summed E-state index contributed by atoms with van der Waals surface area (Å²) in [6.07, 6.45) is 0. The maximum atomic E-state index is 9.89. The predicted molar refractivity (Wildman–Crippen MR) is 80.5 cm³/mol. The Morgan fingerprint density at radius 1 is 1.00 bits per heavy atom. The minimum Gasteiger partial charge on any atom is -0.494 e. The average molecular weight is 276 g/mol. The highest BCUT2D eigenvalue weighted by molar-refractivity contribution is 5.98. The summed E-state index contributed by atoms with van der Waals surface area (Å²) in [7, 11) is 0. The third-order valence-corrected chi connectivity index (χ3v) is 3.46. The lowest BCUT2D eigenvalue weighted by Gasteiger charge is -1.91. The molecule has 5 heteroatoms. The fourth-order valence-corrected chi connectivity index (χ4v) is 2.44. The minimum atomic E-state index is 0.108. The molecule has 0 atom stereocenters. The molecule has 0 saturated carbocycles. The molecule has 1 aliphatic heterocycles. The number of aromatic hydroxyl groups is 1. The number of aromatic amines is 1. The number of hydrogen-bond acceptors (Lipinski definition) is 2. The second-order valence-corrected chi connectivity index (χ2v) is 5.00. The van der Waals surface area contributed by atoms with Gasteiger partial charge in [0.25, 0.3) is 5.96 Å². The standard InChI is InChI=1S/C16H12N4O/c1-9-6-7-12-13(8-9)18-16(17-12)20-14-10-4-2-3-5-11(10)15(21)19-14/h2-8,19,21H,1H3.